The summed E-state index contributed by atoms with van der Waals surface area (Å²) in [5.41, 5.74) is 5.82. The highest BCUT2D eigenvalue weighted by Gasteiger charge is 2.33. The number of aromatic nitrogens is 4. The monoisotopic (exact) mass is 659 g/mol. The Morgan fingerprint density at radius 1 is 1.07 bits per heavy atom. The van der Waals surface area contributed by atoms with Gasteiger partial charge in [0, 0.05) is 61.2 Å². The summed E-state index contributed by atoms with van der Waals surface area (Å²) in [6.45, 7) is 7.71. The topological polar surface area (TPSA) is 114 Å². The summed E-state index contributed by atoms with van der Waals surface area (Å²) in [6, 6.07) is 9.98. The van der Waals surface area contributed by atoms with E-state index in [9.17, 15) is 9.59 Å². The van der Waals surface area contributed by atoms with Gasteiger partial charge in [0.25, 0.3) is 5.91 Å². The maximum atomic E-state index is 13.4. The third-order valence-electron chi connectivity index (χ3n) is 9.16. The predicted octanol–water partition coefficient (Wildman–Crippen LogP) is 5.92. The largest absolute Gasteiger partial charge is 0.373 e. The molecule has 7 rings (SSSR count). The van der Waals surface area contributed by atoms with E-state index in [-0.39, 0.29) is 30.1 Å². The first-order chi connectivity index (χ1) is 22.2. The Morgan fingerprint density at radius 2 is 1.85 bits per heavy atom. The highest BCUT2D eigenvalue weighted by Crippen LogP contribution is 2.44. The average Bonchev–Trinajstić information content (AvgIpc) is 3.62. The molecule has 4 aromatic rings. The molecular weight excluding hydrogens is 622 g/mol. The molecule has 1 saturated heterocycles. The van der Waals surface area contributed by atoms with Gasteiger partial charge in [-0.05, 0) is 82.7 Å². The zero-order valence-electron chi connectivity index (χ0n) is 26.3. The highest BCUT2D eigenvalue weighted by molar-refractivity contribution is 7.19. The molecule has 0 bridgehead atoms. The molecule has 12 heteroatoms. The number of rotatable bonds is 6. The van der Waals surface area contributed by atoms with Gasteiger partial charge in [-0.25, -0.2) is 9.67 Å². The van der Waals surface area contributed by atoms with E-state index in [1.165, 1.54) is 18.3 Å². The number of carbonyl (C=O) groups is 2. The van der Waals surface area contributed by atoms with Gasteiger partial charge in [-0.2, -0.15) is 5.10 Å². The van der Waals surface area contributed by atoms with Crippen LogP contribution in [0.15, 0.2) is 42.7 Å². The molecule has 4 heterocycles. The molecule has 240 valence electrons. The first-order valence-corrected chi connectivity index (χ1v) is 17.2. The Balaban J connectivity index is 1.12. The number of morpholine rings is 1. The lowest BCUT2D eigenvalue weighted by Gasteiger charge is -2.42. The van der Waals surface area contributed by atoms with Gasteiger partial charge in [-0.3, -0.25) is 19.5 Å². The molecule has 0 radical (unpaired) electrons. The molecule has 1 aliphatic heterocycles. The van der Waals surface area contributed by atoms with Crippen molar-refractivity contribution < 1.29 is 14.3 Å². The Bertz CT molecular complexity index is 1760. The first kappa shape index (κ1) is 31.0. The zero-order chi connectivity index (χ0) is 31.9. The van der Waals surface area contributed by atoms with Gasteiger partial charge >= 0.3 is 0 Å². The lowest BCUT2D eigenvalue weighted by molar-refractivity contribution is -0.114. The van der Waals surface area contributed by atoms with Crippen molar-refractivity contribution in [2.45, 2.75) is 83.6 Å². The average molecular weight is 660 g/mol. The normalized spacial score (nSPS) is 23.0. The molecular formula is C34H38ClN7O3S. The van der Waals surface area contributed by atoms with Gasteiger partial charge in [0.1, 0.15) is 0 Å². The molecule has 10 nitrogen and oxygen atoms in total. The van der Waals surface area contributed by atoms with E-state index in [0.29, 0.717) is 27.4 Å². The minimum absolute atomic E-state index is 0.117. The number of hydrogen-bond acceptors (Lipinski definition) is 8. The number of thiazole rings is 1. The maximum absolute atomic E-state index is 13.4. The summed E-state index contributed by atoms with van der Waals surface area (Å²) < 4.78 is 7.77. The van der Waals surface area contributed by atoms with Crippen LogP contribution in [0.4, 0.5) is 5.13 Å². The van der Waals surface area contributed by atoms with Crippen molar-refractivity contribution in [1.29, 1.82) is 0 Å². The molecule has 3 aliphatic rings. The minimum Gasteiger partial charge on any atom is -0.373 e. The number of halogens is 1. The van der Waals surface area contributed by atoms with Crippen LogP contribution in [0, 0.1) is 0 Å². The van der Waals surface area contributed by atoms with E-state index in [2.05, 4.69) is 34.4 Å². The summed E-state index contributed by atoms with van der Waals surface area (Å²) in [4.78, 5) is 37.7. The van der Waals surface area contributed by atoms with Crippen molar-refractivity contribution in [3.8, 4) is 27.5 Å². The SMILES string of the molecule is CC(=O)Nc1nc2c(s1)-c1c(c(-c3cccnc3)nn1-c1ccc(C(=O)N[C@H]3CC[C@H](N4C[C@@H](C)O[C@@H](C)C4)CC3)cc1Cl)CC2. The van der Waals surface area contributed by atoms with Crippen molar-refractivity contribution >= 4 is 39.9 Å². The maximum Gasteiger partial charge on any atom is 0.251 e. The first-order valence-electron chi connectivity index (χ1n) is 16.0. The second-order valence-corrected chi connectivity index (χ2v) is 14.1. The quantitative estimate of drug-likeness (QED) is 0.264. The van der Waals surface area contributed by atoms with E-state index < -0.39 is 0 Å². The fourth-order valence-electron chi connectivity index (χ4n) is 7.17. The number of nitrogens with zero attached hydrogens (tertiary/aromatic N) is 5. The molecule has 1 aromatic carbocycles. The predicted molar refractivity (Wildman–Crippen MR) is 180 cm³/mol. The van der Waals surface area contributed by atoms with Crippen molar-refractivity contribution in [2.75, 3.05) is 18.4 Å². The number of hydrogen-bond donors (Lipinski definition) is 2. The molecule has 0 spiro atoms. The molecule has 2 fully saturated rings. The number of ether oxygens (including phenoxy) is 1. The summed E-state index contributed by atoms with van der Waals surface area (Å²) in [5, 5.41) is 12.1. The lowest BCUT2D eigenvalue weighted by Crippen LogP contribution is -2.52. The van der Waals surface area contributed by atoms with Crippen LogP contribution in [0.1, 0.15) is 68.1 Å². The fraction of sp³-hybridized carbons (Fsp3) is 0.441. The van der Waals surface area contributed by atoms with Gasteiger partial charge in [0.15, 0.2) is 5.13 Å². The van der Waals surface area contributed by atoms with Gasteiger partial charge in [0.05, 0.1) is 44.9 Å². The number of pyridine rings is 1. The summed E-state index contributed by atoms with van der Waals surface area (Å²) in [6.07, 6.45) is 9.58. The zero-order valence-corrected chi connectivity index (χ0v) is 27.8. The number of anilines is 1. The number of amides is 2. The van der Waals surface area contributed by atoms with Gasteiger partial charge < -0.3 is 15.4 Å². The Morgan fingerprint density at radius 3 is 2.54 bits per heavy atom. The molecule has 46 heavy (non-hydrogen) atoms. The Labute approximate surface area is 277 Å². The van der Waals surface area contributed by atoms with Crippen LogP contribution in [-0.2, 0) is 22.4 Å². The summed E-state index contributed by atoms with van der Waals surface area (Å²) >= 11 is 8.37. The van der Waals surface area contributed by atoms with Gasteiger partial charge in [-0.15, -0.1) is 0 Å². The van der Waals surface area contributed by atoms with Crippen LogP contribution in [0.5, 0.6) is 0 Å². The van der Waals surface area contributed by atoms with E-state index in [4.69, 9.17) is 26.4 Å². The second kappa shape index (κ2) is 12.9. The molecule has 3 aromatic heterocycles. The van der Waals surface area contributed by atoms with E-state index in [0.717, 1.165) is 84.7 Å². The van der Waals surface area contributed by atoms with Crippen LogP contribution < -0.4 is 10.6 Å². The molecule has 2 N–H and O–H groups in total. The number of nitrogens with one attached hydrogen (secondary N) is 2. The van der Waals surface area contributed by atoms with E-state index in [1.54, 1.807) is 12.3 Å². The Hall–Kier alpha value is -3.64. The standard InChI is InChI=1S/C34H38ClN7O3S/c1-19-17-41(18-20(2)45-19)25-9-7-24(8-10-25)38-33(44)22-6-13-29(27(35)15-22)42-31-26(30(40-42)23-5-4-14-36-16-23)11-12-28-32(31)46-34(39-28)37-21(3)43/h4-6,13-16,19-20,24-25H,7-12,17-18H2,1-3H3,(H,38,44)(H,37,39,43)/t19-,20+,24-,25-. The van der Waals surface area contributed by atoms with Crippen molar-refractivity contribution in [2.24, 2.45) is 0 Å². The van der Waals surface area contributed by atoms with Crippen LogP contribution >= 0.6 is 22.9 Å². The fourth-order valence-corrected chi connectivity index (χ4v) is 8.55. The van der Waals surface area contributed by atoms with Crippen molar-refractivity contribution in [3.63, 3.8) is 0 Å². The molecule has 0 unspecified atom stereocenters. The molecule has 2 atom stereocenters. The lowest BCUT2D eigenvalue weighted by atomic mass is 9.89. The number of benzene rings is 1. The summed E-state index contributed by atoms with van der Waals surface area (Å²) in [5.74, 6) is -0.282. The summed E-state index contributed by atoms with van der Waals surface area (Å²) in [7, 11) is 0. The van der Waals surface area contributed by atoms with Crippen molar-refractivity contribution in [3.05, 3.63) is 64.6 Å². The van der Waals surface area contributed by atoms with E-state index >= 15 is 0 Å². The smallest absolute Gasteiger partial charge is 0.251 e. The van der Waals surface area contributed by atoms with Gasteiger partial charge in [0.2, 0.25) is 5.91 Å². The number of aryl methyl sites for hydroxylation is 1. The molecule has 2 aliphatic carbocycles. The van der Waals surface area contributed by atoms with Crippen molar-refractivity contribution in [1.82, 2.24) is 30.0 Å². The van der Waals surface area contributed by atoms with E-state index in [1.807, 2.05) is 35.1 Å². The third-order valence-corrected chi connectivity index (χ3v) is 10.5. The van der Waals surface area contributed by atoms with Gasteiger partial charge in [-0.1, -0.05) is 22.9 Å². The Kier molecular flexibility index (Phi) is 8.67. The van der Waals surface area contributed by atoms with Crippen LogP contribution in [0.25, 0.3) is 27.5 Å². The van der Waals surface area contributed by atoms with Crippen LogP contribution in [-0.4, -0.2) is 73.8 Å². The second-order valence-electron chi connectivity index (χ2n) is 12.7. The highest BCUT2D eigenvalue weighted by atomic mass is 35.5. The number of carbonyl (C=O) groups excluding carboxylic acids is 2. The molecule has 2 amide bonds. The van der Waals surface area contributed by atoms with Crippen LogP contribution in [0.3, 0.4) is 0 Å². The number of fused-ring (bicyclic) bond motifs is 3. The third kappa shape index (κ3) is 6.21. The molecule has 1 saturated carbocycles. The minimum atomic E-state index is -0.165. The van der Waals surface area contributed by atoms with Crippen LogP contribution in [0.2, 0.25) is 5.02 Å².